The van der Waals surface area contributed by atoms with E-state index in [1.807, 2.05) is 31.2 Å². The van der Waals surface area contributed by atoms with Crippen molar-refractivity contribution >= 4 is 16.0 Å². The lowest BCUT2D eigenvalue weighted by Crippen LogP contribution is -2.22. The summed E-state index contributed by atoms with van der Waals surface area (Å²) >= 11 is 0. The number of hydrogen-bond acceptors (Lipinski definition) is 4. The minimum Gasteiger partial charge on any atom is -0.292 e. The minimum atomic E-state index is -3.99. The van der Waals surface area contributed by atoms with E-state index in [-0.39, 0.29) is 10.8 Å². The van der Waals surface area contributed by atoms with Gasteiger partial charge in [-0.1, -0.05) is 29.8 Å². The second-order valence-electron chi connectivity index (χ2n) is 6.20. The molecule has 3 aromatic rings. The van der Waals surface area contributed by atoms with Gasteiger partial charge in [-0.15, -0.1) is 0 Å². The molecule has 1 aromatic heterocycles. The number of benzene rings is 2. The van der Waals surface area contributed by atoms with Crippen molar-refractivity contribution in [2.75, 3.05) is 4.72 Å². The van der Waals surface area contributed by atoms with Crippen LogP contribution in [0.25, 0.3) is 0 Å². The number of anilines is 1. The Morgan fingerprint density at radius 3 is 2.44 bits per heavy atom. The van der Waals surface area contributed by atoms with Gasteiger partial charge in [-0.3, -0.25) is 9.78 Å². The average Bonchev–Trinajstić information content (AvgIpc) is 2.58. The lowest BCUT2D eigenvalue weighted by molar-refractivity contribution is 0.599. The zero-order valence-corrected chi connectivity index (χ0v) is 15.6. The first-order valence-corrected chi connectivity index (χ1v) is 9.66. The summed E-state index contributed by atoms with van der Waals surface area (Å²) in [4.78, 5) is 18.9. The molecule has 0 amide bonds. The van der Waals surface area contributed by atoms with Gasteiger partial charge in [0.1, 0.15) is 5.82 Å². The summed E-state index contributed by atoms with van der Waals surface area (Å²) in [5.41, 5.74) is 2.52. The second-order valence-corrected chi connectivity index (χ2v) is 7.89. The van der Waals surface area contributed by atoms with Crippen molar-refractivity contribution in [1.82, 2.24) is 9.97 Å². The van der Waals surface area contributed by atoms with Crippen LogP contribution in [0.2, 0.25) is 0 Å². The van der Waals surface area contributed by atoms with Crippen LogP contribution in [-0.2, 0) is 16.4 Å². The Hall–Kier alpha value is -3.00. The first-order valence-electron chi connectivity index (χ1n) is 8.18. The van der Waals surface area contributed by atoms with Crippen LogP contribution < -0.4 is 10.3 Å². The van der Waals surface area contributed by atoms with Crippen LogP contribution in [0.3, 0.4) is 0 Å². The normalized spacial score (nSPS) is 11.4. The Morgan fingerprint density at radius 2 is 1.81 bits per heavy atom. The maximum absolute atomic E-state index is 13.0. The molecule has 3 rings (SSSR count). The molecule has 0 spiro atoms. The lowest BCUT2D eigenvalue weighted by atomic mass is 10.0. The summed E-state index contributed by atoms with van der Waals surface area (Å²) in [6.07, 6.45) is 0.390. The maximum Gasteiger partial charge on any atom is 0.264 e. The largest absolute Gasteiger partial charge is 0.292 e. The molecular weight excluding hydrogens is 369 g/mol. The lowest BCUT2D eigenvalue weighted by Gasteiger charge is -2.10. The smallest absolute Gasteiger partial charge is 0.264 e. The fraction of sp³-hybridized carbons (Fsp3) is 0.158. The van der Waals surface area contributed by atoms with Crippen molar-refractivity contribution < 1.29 is 12.8 Å². The van der Waals surface area contributed by atoms with Crippen molar-refractivity contribution in [3.05, 3.63) is 87.1 Å². The molecule has 0 aliphatic heterocycles. The molecule has 1 heterocycles. The highest BCUT2D eigenvalue weighted by molar-refractivity contribution is 7.92. The highest BCUT2D eigenvalue weighted by Crippen LogP contribution is 2.15. The van der Waals surface area contributed by atoms with Crippen LogP contribution in [0, 0.1) is 19.7 Å². The summed E-state index contributed by atoms with van der Waals surface area (Å²) in [6, 6.07) is 12.1. The van der Waals surface area contributed by atoms with Crippen LogP contribution in [0.5, 0.6) is 0 Å². The first kappa shape index (κ1) is 18.8. The first-order chi connectivity index (χ1) is 12.7. The third-order valence-electron chi connectivity index (χ3n) is 4.04. The highest BCUT2D eigenvalue weighted by atomic mass is 32.2. The van der Waals surface area contributed by atoms with Gasteiger partial charge in [0, 0.05) is 12.0 Å². The molecule has 0 aliphatic rings. The molecule has 0 aliphatic carbocycles. The molecule has 0 radical (unpaired) electrons. The number of aromatic nitrogens is 2. The second kappa shape index (κ2) is 7.32. The summed E-state index contributed by atoms with van der Waals surface area (Å²) < 4.78 is 39.9. The summed E-state index contributed by atoms with van der Waals surface area (Å²) in [6.45, 7) is 3.61. The number of aromatic amines is 1. The van der Waals surface area contributed by atoms with E-state index in [2.05, 4.69) is 14.7 Å². The Morgan fingerprint density at radius 1 is 1.11 bits per heavy atom. The van der Waals surface area contributed by atoms with Gasteiger partial charge in [0.25, 0.3) is 15.6 Å². The van der Waals surface area contributed by atoms with E-state index in [0.29, 0.717) is 17.7 Å². The van der Waals surface area contributed by atoms with Gasteiger partial charge in [-0.25, -0.2) is 22.5 Å². The van der Waals surface area contributed by atoms with Gasteiger partial charge in [-0.2, -0.15) is 0 Å². The maximum atomic E-state index is 13.0. The number of hydrogen-bond donors (Lipinski definition) is 2. The molecule has 0 saturated carbocycles. The molecule has 2 N–H and O–H groups in total. The van der Waals surface area contributed by atoms with Crippen molar-refractivity contribution in [3.8, 4) is 0 Å². The monoisotopic (exact) mass is 387 g/mol. The molecule has 140 valence electrons. The van der Waals surface area contributed by atoms with Crippen LogP contribution in [0.1, 0.15) is 22.4 Å². The number of sulfonamides is 1. The number of H-pyrrole nitrogens is 1. The number of rotatable bonds is 5. The fourth-order valence-corrected chi connectivity index (χ4v) is 3.66. The Balaban J connectivity index is 1.88. The third kappa shape index (κ3) is 4.40. The van der Waals surface area contributed by atoms with Gasteiger partial charge in [0.15, 0.2) is 0 Å². The fourth-order valence-electron chi connectivity index (χ4n) is 2.69. The van der Waals surface area contributed by atoms with Crippen molar-refractivity contribution in [2.24, 2.45) is 0 Å². The zero-order valence-electron chi connectivity index (χ0n) is 14.8. The topological polar surface area (TPSA) is 91.9 Å². The molecule has 6 nitrogen and oxygen atoms in total. The van der Waals surface area contributed by atoms with E-state index in [1.54, 1.807) is 6.92 Å². The number of nitrogens with one attached hydrogen (secondary N) is 2. The molecule has 2 aromatic carbocycles. The minimum absolute atomic E-state index is 0.131. The number of halogens is 1. The molecular formula is C19H18FN3O3S. The quantitative estimate of drug-likeness (QED) is 0.704. The molecule has 0 atom stereocenters. The summed E-state index contributed by atoms with van der Waals surface area (Å²) in [5.74, 6) is -0.730. The molecule has 0 bridgehead atoms. The molecule has 0 saturated heterocycles. The van der Waals surface area contributed by atoms with Gasteiger partial charge < -0.3 is 0 Å². The summed E-state index contributed by atoms with van der Waals surface area (Å²) in [5, 5.41) is 0. The number of aryl methyl sites for hydroxylation is 2. The van der Waals surface area contributed by atoms with Gasteiger partial charge >= 0.3 is 0 Å². The van der Waals surface area contributed by atoms with Crippen LogP contribution >= 0.6 is 0 Å². The van der Waals surface area contributed by atoms with E-state index >= 15 is 0 Å². The molecule has 0 fully saturated rings. The highest BCUT2D eigenvalue weighted by Gasteiger charge is 2.17. The molecule has 8 heteroatoms. The Labute approximate surface area is 156 Å². The van der Waals surface area contributed by atoms with Crippen LogP contribution in [0.15, 0.2) is 58.2 Å². The van der Waals surface area contributed by atoms with Crippen molar-refractivity contribution in [1.29, 1.82) is 0 Å². The van der Waals surface area contributed by atoms with E-state index in [1.165, 1.54) is 0 Å². The third-order valence-corrected chi connectivity index (χ3v) is 5.40. The zero-order chi connectivity index (χ0) is 19.6. The predicted molar refractivity (Wildman–Crippen MR) is 101 cm³/mol. The Kier molecular flexibility index (Phi) is 5.09. The van der Waals surface area contributed by atoms with E-state index in [0.717, 1.165) is 35.4 Å². The van der Waals surface area contributed by atoms with E-state index < -0.39 is 21.4 Å². The number of nitrogens with zero attached hydrogens (tertiary/aromatic N) is 1. The molecule has 0 unspecified atom stereocenters. The molecule has 27 heavy (non-hydrogen) atoms. The van der Waals surface area contributed by atoms with Crippen molar-refractivity contribution in [3.63, 3.8) is 0 Å². The van der Waals surface area contributed by atoms with Gasteiger partial charge in [0.2, 0.25) is 5.95 Å². The van der Waals surface area contributed by atoms with Gasteiger partial charge in [-0.05, 0) is 43.7 Å². The average molecular weight is 387 g/mol. The summed E-state index contributed by atoms with van der Waals surface area (Å²) in [7, 11) is -3.99. The standard InChI is InChI=1S/C19H18FN3O3S/c1-12-4-3-5-14(10-12)11-17-13(2)21-19(22-18(17)24)23-27(25,26)16-8-6-15(20)7-9-16/h3-10H,11H2,1-2H3,(H2,21,22,23,24). The van der Waals surface area contributed by atoms with Crippen LogP contribution in [0.4, 0.5) is 10.3 Å². The van der Waals surface area contributed by atoms with E-state index in [9.17, 15) is 17.6 Å². The predicted octanol–water partition coefficient (Wildman–Crippen LogP) is 2.92. The van der Waals surface area contributed by atoms with E-state index in [4.69, 9.17) is 0 Å². The van der Waals surface area contributed by atoms with Crippen molar-refractivity contribution in [2.45, 2.75) is 25.2 Å². The SMILES string of the molecule is Cc1cccc(Cc2c(C)nc(NS(=O)(=O)c3ccc(F)cc3)[nH]c2=O)c1. The van der Waals surface area contributed by atoms with Gasteiger partial charge in [0.05, 0.1) is 10.6 Å². The Bertz CT molecular complexity index is 1140. The van der Waals surface area contributed by atoms with Crippen LogP contribution in [-0.4, -0.2) is 18.4 Å².